The lowest BCUT2D eigenvalue weighted by Crippen LogP contribution is -2.21. The number of alkyl halides is 3. The summed E-state index contributed by atoms with van der Waals surface area (Å²) in [6.45, 7) is -0.418. The van der Waals surface area contributed by atoms with Gasteiger partial charge in [0.2, 0.25) is 3.79 Å². The molecule has 13 heteroatoms. The number of nitrogens with one attached hydrogen (secondary N) is 2. The highest BCUT2D eigenvalue weighted by atomic mass is 79.9. The fraction of sp³-hybridized carbons (Fsp3) is 0.0909. The number of carbonyl (C=O) groups excluding carboxylic acids is 2. The number of amides is 2. The zero-order valence-corrected chi connectivity index (χ0v) is 22.1. The highest BCUT2D eigenvalue weighted by molar-refractivity contribution is 9.10. The topological polar surface area (TPSA) is 111 Å². The van der Waals surface area contributed by atoms with Crippen LogP contribution in [0, 0.1) is 10.1 Å². The number of hydrogen-bond donors (Lipinski definition) is 2. The third kappa shape index (κ3) is 8.59. The van der Waals surface area contributed by atoms with Crippen molar-refractivity contribution in [1.82, 2.24) is 0 Å². The second-order valence-corrected chi connectivity index (χ2v) is 11.4. The maximum absolute atomic E-state index is 12.6. The number of nitro benzene ring substituents is 1. The zero-order chi connectivity index (χ0) is 25.6. The first kappa shape index (κ1) is 27.1. The van der Waals surface area contributed by atoms with Gasteiger partial charge < -0.3 is 10.1 Å². The van der Waals surface area contributed by atoms with Gasteiger partial charge in [-0.25, -0.2) is 4.79 Å². The number of benzene rings is 3. The molecule has 0 fully saturated rings. The van der Waals surface area contributed by atoms with E-state index in [4.69, 9.17) is 39.5 Å². The van der Waals surface area contributed by atoms with Crippen LogP contribution < -0.4 is 10.6 Å². The van der Waals surface area contributed by atoms with Crippen molar-refractivity contribution in [2.75, 3.05) is 17.2 Å². The summed E-state index contributed by atoms with van der Waals surface area (Å²) in [6.07, 6.45) is -0.802. The number of carbonyl (C=O) groups is 2. The van der Waals surface area contributed by atoms with Crippen LogP contribution in [0.2, 0.25) is 0 Å². The van der Waals surface area contributed by atoms with Crippen LogP contribution in [0.1, 0.15) is 10.4 Å². The number of rotatable bonds is 7. The molecule has 0 aliphatic rings. The van der Waals surface area contributed by atoms with E-state index in [1.807, 2.05) is 0 Å². The maximum atomic E-state index is 12.6. The minimum atomic E-state index is -1.72. The largest absolute Gasteiger partial charge is 0.445 e. The van der Waals surface area contributed by atoms with Gasteiger partial charge in [-0.15, -0.1) is 0 Å². The first-order valence-electron chi connectivity index (χ1n) is 9.64. The molecule has 0 aromatic heterocycles. The van der Waals surface area contributed by atoms with E-state index in [0.29, 0.717) is 21.2 Å². The molecule has 0 atom stereocenters. The molecule has 2 N–H and O–H groups in total. The third-order valence-corrected chi connectivity index (χ3v) is 6.14. The number of hydrogen-bond acceptors (Lipinski definition) is 6. The third-order valence-electron chi connectivity index (χ3n) is 4.22. The van der Waals surface area contributed by atoms with Crippen molar-refractivity contribution in [3.05, 3.63) is 86.9 Å². The van der Waals surface area contributed by atoms with Gasteiger partial charge in [-0.05, 0) is 60.7 Å². The Morgan fingerprint density at radius 1 is 0.971 bits per heavy atom. The van der Waals surface area contributed by atoms with E-state index >= 15 is 0 Å². The minimum absolute atomic E-state index is 0.150. The molecular formula is C22H15BrCl3N3O5S. The smallest absolute Gasteiger partial charge is 0.411 e. The summed E-state index contributed by atoms with van der Waals surface area (Å²) in [4.78, 5) is 36.4. The van der Waals surface area contributed by atoms with Crippen molar-refractivity contribution in [3.8, 4) is 0 Å². The van der Waals surface area contributed by atoms with Crippen molar-refractivity contribution in [2.24, 2.45) is 0 Å². The predicted octanol–water partition coefficient (Wildman–Crippen LogP) is 7.68. The summed E-state index contributed by atoms with van der Waals surface area (Å²) in [5.41, 5.74) is 0.912. The van der Waals surface area contributed by atoms with Crippen molar-refractivity contribution in [2.45, 2.75) is 13.6 Å². The standard InChI is InChI=1S/C22H15BrCl3N3O5S/c23-14-2-4-15(5-3-14)27-20(30)13-1-10-19(18(11-13)29(32)33)35-17-8-6-16(7-9-17)28-21(31)34-12-22(24,25)26/h1-11H,12H2,(H,27,30)(H,28,31). The molecule has 0 aliphatic carbocycles. The van der Waals surface area contributed by atoms with Gasteiger partial charge in [-0.1, -0.05) is 62.5 Å². The van der Waals surface area contributed by atoms with Crippen LogP contribution in [0.4, 0.5) is 21.9 Å². The van der Waals surface area contributed by atoms with Crippen LogP contribution in [0.5, 0.6) is 0 Å². The van der Waals surface area contributed by atoms with Gasteiger partial charge in [0.1, 0.15) is 6.61 Å². The monoisotopic (exact) mass is 617 g/mol. The van der Waals surface area contributed by atoms with Crippen LogP contribution in [-0.4, -0.2) is 27.3 Å². The molecule has 182 valence electrons. The van der Waals surface area contributed by atoms with Gasteiger partial charge in [0.05, 0.1) is 9.82 Å². The molecule has 0 heterocycles. The minimum Gasteiger partial charge on any atom is -0.445 e. The number of anilines is 2. The van der Waals surface area contributed by atoms with E-state index in [0.717, 1.165) is 16.2 Å². The molecular weight excluding hydrogens is 605 g/mol. The molecule has 0 saturated heterocycles. The quantitative estimate of drug-likeness (QED) is 0.159. The SMILES string of the molecule is O=C(Nc1ccc(Sc2ccc(C(=O)Nc3ccc(Br)cc3)cc2[N+](=O)[O-])cc1)OCC(Cl)(Cl)Cl. The normalized spacial score (nSPS) is 11.0. The van der Waals surface area contributed by atoms with Gasteiger partial charge in [0.25, 0.3) is 11.6 Å². The summed E-state index contributed by atoms with van der Waals surface area (Å²) in [7, 11) is 0. The second-order valence-electron chi connectivity index (χ2n) is 6.84. The van der Waals surface area contributed by atoms with Crippen molar-refractivity contribution >= 4 is 91.6 Å². The lowest BCUT2D eigenvalue weighted by atomic mass is 10.2. The maximum Gasteiger partial charge on any atom is 0.411 e. The fourth-order valence-electron chi connectivity index (χ4n) is 2.66. The van der Waals surface area contributed by atoms with Gasteiger partial charge >= 0.3 is 6.09 Å². The van der Waals surface area contributed by atoms with Gasteiger partial charge in [-0.3, -0.25) is 20.2 Å². The van der Waals surface area contributed by atoms with Gasteiger partial charge in [-0.2, -0.15) is 0 Å². The number of nitrogens with zero attached hydrogens (tertiary/aromatic N) is 1. The molecule has 3 rings (SSSR count). The fourth-order valence-corrected chi connectivity index (χ4v) is 3.99. The Labute approximate surface area is 227 Å². The Hall–Kier alpha value is -2.50. The lowest BCUT2D eigenvalue weighted by Gasteiger charge is -2.12. The Bertz CT molecular complexity index is 1240. The molecule has 2 amide bonds. The van der Waals surface area contributed by atoms with Crippen molar-refractivity contribution < 1.29 is 19.2 Å². The molecule has 0 spiro atoms. The van der Waals surface area contributed by atoms with Crippen molar-refractivity contribution in [3.63, 3.8) is 0 Å². The molecule has 0 unspecified atom stereocenters. The van der Waals surface area contributed by atoms with E-state index in [2.05, 4.69) is 26.6 Å². The molecule has 0 saturated carbocycles. The van der Waals surface area contributed by atoms with E-state index in [1.165, 1.54) is 18.2 Å². The van der Waals surface area contributed by atoms with Crippen LogP contribution in [-0.2, 0) is 4.74 Å². The molecule has 3 aromatic rings. The van der Waals surface area contributed by atoms with Crippen LogP contribution in [0.25, 0.3) is 0 Å². The molecule has 0 aliphatic heterocycles. The number of nitro groups is 1. The molecule has 3 aromatic carbocycles. The average molecular weight is 620 g/mol. The van der Waals surface area contributed by atoms with Crippen LogP contribution in [0.15, 0.2) is 81.0 Å². The Morgan fingerprint density at radius 2 is 1.57 bits per heavy atom. The van der Waals surface area contributed by atoms with E-state index < -0.39 is 27.3 Å². The number of halogens is 4. The number of ether oxygens (including phenoxy) is 1. The first-order valence-corrected chi connectivity index (χ1v) is 12.4. The Kier molecular flexibility index (Phi) is 9.26. The molecule has 0 radical (unpaired) electrons. The molecule has 0 bridgehead atoms. The summed E-state index contributed by atoms with van der Waals surface area (Å²) < 4.78 is 3.93. The van der Waals surface area contributed by atoms with Crippen molar-refractivity contribution in [1.29, 1.82) is 0 Å². The highest BCUT2D eigenvalue weighted by Gasteiger charge is 2.22. The second kappa shape index (κ2) is 12.0. The average Bonchev–Trinajstić information content (AvgIpc) is 2.80. The van der Waals surface area contributed by atoms with E-state index in [-0.39, 0.29) is 11.3 Å². The van der Waals surface area contributed by atoms with Gasteiger partial charge in [0, 0.05) is 32.4 Å². The summed E-state index contributed by atoms with van der Waals surface area (Å²) >= 11 is 21.1. The summed E-state index contributed by atoms with van der Waals surface area (Å²) in [5.74, 6) is -0.468. The van der Waals surface area contributed by atoms with Crippen LogP contribution >= 0.6 is 62.5 Å². The predicted molar refractivity (Wildman–Crippen MR) is 141 cm³/mol. The first-order chi connectivity index (χ1) is 16.5. The zero-order valence-electron chi connectivity index (χ0n) is 17.5. The van der Waals surface area contributed by atoms with Gasteiger partial charge in [0.15, 0.2) is 0 Å². The Morgan fingerprint density at radius 3 is 2.17 bits per heavy atom. The lowest BCUT2D eigenvalue weighted by molar-refractivity contribution is -0.387. The molecule has 35 heavy (non-hydrogen) atoms. The Balaban J connectivity index is 1.68. The van der Waals surface area contributed by atoms with Crippen LogP contribution in [0.3, 0.4) is 0 Å². The van der Waals surface area contributed by atoms with E-state index in [1.54, 1.807) is 48.5 Å². The highest BCUT2D eigenvalue weighted by Crippen LogP contribution is 2.36. The van der Waals surface area contributed by atoms with E-state index in [9.17, 15) is 19.7 Å². The summed E-state index contributed by atoms with van der Waals surface area (Å²) in [5, 5.41) is 16.8. The molecule has 8 nitrogen and oxygen atoms in total. The summed E-state index contributed by atoms with van der Waals surface area (Å²) in [6, 6.07) is 17.7.